The third-order valence-corrected chi connectivity index (χ3v) is 4.00. The number of amides is 1. The van der Waals surface area contributed by atoms with Gasteiger partial charge in [-0.2, -0.15) is 0 Å². The first-order chi connectivity index (χ1) is 13.8. The second-order valence-electron chi connectivity index (χ2n) is 7.61. The van der Waals surface area contributed by atoms with E-state index in [1.54, 1.807) is 0 Å². The van der Waals surface area contributed by atoms with E-state index in [0.29, 0.717) is 6.54 Å². The fourth-order valence-corrected chi connectivity index (χ4v) is 2.47. The number of nitrogens with one attached hydrogen (secondary N) is 3. The van der Waals surface area contributed by atoms with Crippen LogP contribution in [0.15, 0.2) is 48.5 Å². The minimum absolute atomic E-state index is 0.366. The van der Waals surface area contributed by atoms with Gasteiger partial charge in [0, 0.05) is 32.0 Å². The lowest BCUT2D eigenvalue weighted by atomic mass is 10.1. The van der Waals surface area contributed by atoms with Crippen molar-refractivity contribution in [2.24, 2.45) is 5.73 Å². The van der Waals surface area contributed by atoms with Crippen LogP contribution in [0.2, 0.25) is 0 Å². The lowest BCUT2D eigenvalue weighted by Crippen LogP contribution is -2.33. The topological polar surface area (TPSA) is 88.4 Å². The van der Waals surface area contributed by atoms with Crippen LogP contribution < -0.4 is 21.7 Å². The number of carbonyl (C=O) groups is 1. The minimum atomic E-state index is -0.446. The summed E-state index contributed by atoms with van der Waals surface area (Å²) in [7, 11) is 3.80. The first-order valence-electron chi connectivity index (χ1n) is 9.97. The van der Waals surface area contributed by atoms with Gasteiger partial charge in [-0.05, 0) is 75.5 Å². The lowest BCUT2D eigenvalue weighted by molar-refractivity contribution is 0.0528. The van der Waals surface area contributed by atoms with Gasteiger partial charge in [-0.3, -0.25) is 0 Å². The highest BCUT2D eigenvalue weighted by molar-refractivity contribution is 5.67. The van der Waals surface area contributed by atoms with E-state index in [2.05, 4.69) is 40.2 Å². The van der Waals surface area contributed by atoms with E-state index in [0.717, 1.165) is 30.8 Å². The average molecular weight is 401 g/mol. The van der Waals surface area contributed by atoms with Gasteiger partial charge in [-0.1, -0.05) is 24.3 Å². The predicted octanol–water partition coefficient (Wildman–Crippen LogP) is 4.03. The number of rotatable bonds is 7. The number of anilines is 2. The summed E-state index contributed by atoms with van der Waals surface area (Å²) in [5.74, 6) is 0. The standard InChI is InChI=1S/C14H22N2O2.C9H14N2/c1-14(2,3)18-13(17)16-10-9-11-5-7-12(15-4)8-6-11;1-11-9-4-2-8(3-5-9)6-7-10/h5-8,15H,9-10H2,1-4H3,(H,16,17);2-5,11H,6-7,10H2,1H3. The van der Waals surface area contributed by atoms with E-state index in [1.807, 2.05) is 59.1 Å². The van der Waals surface area contributed by atoms with Crippen LogP contribution in [-0.4, -0.2) is 38.9 Å². The highest BCUT2D eigenvalue weighted by Gasteiger charge is 2.15. The highest BCUT2D eigenvalue weighted by atomic mass is 16.6. The summed E-state index contributed by atoms with van der Waals surface area (Å²) in [6, 6.07) is 16.4. The second-order valence-corrected chi connectivity index (χ2v) is 7.61. The number of hydrogen-bond donors (Lipinski definition) is 4. The lowest BCUT2D eigenvalue weighted by Gasteiger charge is -2.19. The molecule has 6 heteroatoms. The highest BCUT2D eigenvalue weighted by Crippen LogP contribution is 2.10. The molecule has 1 amide bonds. The summed E-state index contributed by atoms with van der Waals surface area (Å²) in [6.45, 7) is 6.85. The average Bonchev–Trinajstić information content (AvgIpc) is 2.68. The fourth-order valence-electron chi connectivity index (χ4n) is 2.47. The molecule has 2 aromatic rings. The van der Waals surface area contributed by atoms with Gasteiger partial charge in [0.2, 0.25) is 0 Å². The molecule has 0 fully saturated rings. The molecule has 29 heavy (non-hydrogen) atoms. The number of ether oxygens (including phenoxy) is 1. The molecule has 0 aromatic heterocycles. The third-order valence-electron chi connectivity index (χ3n) is 4.00. The van der Waals surface area contributed by atoms with Crippen molar-refractivity contribution < 1.29 is 9.53 Å². The van der Waals surface area contributed by atoms with Crippen molar-refractivity contribution in [2.75, 3.05) is 37.8 Å². The Morgan fingerprint density at radius 2 is 1.31 bits per heavy atom. The molecule has 0 spiro atoms. The third kappa shape index (κ3) is 11.0. The molecule has 0 heterocycles. The van der Waals surface area contributed by atoms with Gasteiger partial charge in [0.05, 0.1) is 0 Å². The number of carbonyl (C=O) groups excluding carboxylic acids is 1. The Morgan fingerprint density at radius 1 is 0.862 bits per heavy atom. The van der Waals surface area contributed by atoms with Gasteiger partial charge in [-0.25, -0.2) is 4.79 Å². The van der Waals surface area contributed by atoms with Crippen LogP contribution in [0.5, 0.6) is 0 Å². The molecule has 0 aliphatic rings. The van der Waals surface area contributed by atoms with Crippen LogP contribution in [0.1, 0.15) is 31.9 Å². The first-order valence-corrected chi connectivity index (χ1v) is 9.97. The maximum atomic E-state index is 11.4. The maximum Gasteiger partial charge on any atom is 0.407 e. The molecule has 0 saturated carbocycles. The summed E-state index contributed by atoms with van der Waals surface area (Å²) in [5, 5.41) is 8.87. The molecule has 0 unspecified atom stereocenters. The van der Waals surface area contributed by atoms with E-state index >= 15 is 0 Å². The summed E-state index contributed by atoms with van der Waals surface area (Å²) in [5.41, 5.74) is 9.68. The maximum absolute atomic E-state index is 11.4. The van der Waals surface area contributed by atoms with Crippen molar-refractivity contribution in [2.45, 2.75) is 39.2 Å². The molecule has 0 aliphatic carbocycles. The normalized spacial score (nSPS) is 10.4. The zero-order valence-corrected chi connectivity index (χ0v) is 18.3. The Hall–Kier alpha value is -2.73. The second kappa shape index (κ2) is 12.7. The number of alkyl carbamates (subject to hydrolysis) is 1. The Kier molecular flexibility index (Phi) is 10.6. The molecule has 2 aromatic carbocycles. The zero-order chi connectivity index (χ0) is 21.7. The molecule has 0 radical (unpaired) electrons. The van der Waals surface area contributed by atoms with Gasteiger partial charge in [0.15, 0.2) is 0 Å². The van der Waals surface area contributed by atoms with E-state index in [4.69, 9.17) is 10.5 Å². The minimum Gasteiger partial charge on any atom is -0.444 e. The molecule has 160 valence electrons. The summed E-state index contributed by atoms with van der Waals surface area (Å²) in [6.07, 6.45) is 1.39. The Balaban J connectivity index is 0.000000326. The predicted molar refractivity (Wildman–Crippen MR) is 123 cm³/mol. The molecule has 2 rings (SSSR count). The molecule has 0 saturated heterocycles. The largest absolute Gasteiger partial charge is 0.444 e. The SMILES string of the molecule is CNc1ccc(CCN)cc1.CNc1ccc(CCNC(=O)OC(C)(C)C)cc1. The Bertz CT molecular complexity index is 707. The molecule has 6 nitrogen and oxygen atoms in total. The quantitative estimate of drug-likeness (QED) is 0.564. The molecule has 5 N–H and O–H groups in total. The van der Waals surface area contributed by atoms with E-state index in [1.165, 1.54) is 11.1 Å². The van der Waals surface area contributed by atoms with Gasteiger partial charge >= 0.3 is 6.09 Å². The van der Waals surface area contributed by atoms with Gasteiger partial charge in [0.25, 0.3) is 0 Å². The molecule has 0 atom stereocenters. The zero-order valence-electron chi connectivity index (χ0n) is 18.3. The smallest absolute Gasteiger partial charge is 0.407 e. The molecule has 0 aliphatic heterocycles. The van der Waals surface area contributed by atoms with Crippen LogP contribution >= 0.6 is 0 Å². The van der Waals surface area contributed by atoms with E-state index in [-0.39, 0.29) is 6.09 Å². The van der Waals surface area contributed by atoms with Crippen molar-refractivity contribution in [1.29, 1.82) is 0 Å². The van der Waals surface area contributed by atoms with Gasteiger partial charge in [0.1, 0.15) is 5.60 Å². The van der Waals surface area contributed by atoms with E-state index in [9.17, 15) is 4.79 Å². The summed E-state index contributed by atoms with van der Waals surface area (Å²) >= 11 is 0. The Morgan fingerprint density at radius 3 is 1.69 bits per heavy atom. The number of hydrogen-bond acceptors (Lipinski definition) is 5. The molecular weight excluding hydrogens is 364 g/mol. The summed E-state index contributed by atoms with van der Waals surface area (Å²) in [4.78, 5) is 11.4. The van der Waals surface area contributed by atoms with Crippen LogP contribution in [0.25, 0.3) is 0 Å². The monoisotopic (exact) mass is 400 g/mol. The van der Waals surface area contributed by atoms with Crippen molar-refractivity contribution >= 4 is 17.5 Å². The molecular formula is C23H36N4O2. The van der Waals surface area contributed by atoms with E-state index < -0.39 is 5.60 Å². The van der Waals surface area contributed by atoms with Crippen molar-refractivity contribution in [3.05, 3.63) is 59.7 Å². The van der Waals surface area contributed by atoms with Crippen molar-refractivity contribution in [3.8, 4) is 0 Å². The van der Waals surface area contributed by atoms with Crippen LogP contribution in [0.3, 0.4) is 0 Å². The van der Waals surface area contributed by atoms with Crippen LogP contribution in [0.4, 0.5) is 16.2 Å². The first kappa shape index (κ1) is 24.3. The summed E-state index contributed by atoms with van der Waals surface area (Å²) < 4.78 is 5.15. The number of nitrogens with two attached hydrogens (primary N) is 1. The van der Waals surface area contributed by atoms with Crippen molar-refractivity contribution in [3.63, 3.8) is 0 Å². The van der Waals surface area contributed by atoms with Crippen molar-refractivity contribution in [1.82, 2.24) is 5.32 Å². The Labute approximate surface area is 175 Å². The number of benzene rings is 2. The molecule has 0 bridgehead atoms. The van der Waals surface area contributed by atoms with Crippen LogP contribution in [-0.2, 0) is 17.6 Å². The fraction of sp³-hybridized carbons (Fsp3) is 0.435. The van der Waals surface area contributed by atoms with Crippen LogP contribution in [0, 0.1) is 0 Å². The van der Waals surface area contributed by atoms with Gasteiger partial charge in [-0.15, -0.1) is 0 Å². The van der Waals surface area contributed by atoms with Gasteiger partial charge < -0.3 is 26.4 Å².